The first-order valence-corrected chi connectivity index (χ1v) is 17.7. The van der Waals surface area contributed by atoms with Crippen molar-refractivity contribution in [3.05, 3.63) is 170 Å². The predicted molar refractivity (Wildman–Crippen MR) is 215 cm³/mol. The highest BCUT2D eigenvalue weighted by Crippen LogP contribution is 2.42. The number of para-hydroxylation sites is 4. The van der Waals surface area contributed by atoms with Gasteiger partial charge in [0, 0.05) is 49.1 Å². The van der Waals surface area contributed by atoms with Gasteiger partial charge in [-0.15, -0.1) is 0 Å². The number of aromatic nitrogens is 2. The van der Waals surface area contributed by atoms with Crippen LogP contribution >= 0.6 is 0 Å². The minimum atomic E-state index is 0.901. The fourth-order valence-electron chi connectivity index (χ4n) is 8.66. The van der Waals surface area contributed by atoms with E-state index >= 15 is 0 Å². The van der Waals surface area contributed by atoms with Crippen LogP contribution in [0.4, 0.5) is 0 Å². The summed E-state index contributed by atoms with van der Waals surface area (Å²) in [6, 6.07) is 60.5. The molecule has 0 aliphatic heterocycles. The van der Waals surface area contributed by atoms with Crippen LogP contribution in [-0.2, 0) is 0 Å². The van der Waals surface area contributed by atoms with Crippen molar-refractivity contribution in [2.45, 2.75) is 0 Å². The number of nitrogens with zero attached hydrogens (tertiary/aromatic N) is 2. The Morgan fingerprint density at radius 3 is 1.56 bits per heavy atom. The van der Waals surface area contributed by atoms with Crippen LogP contribution in [0.25, 0.3) is 110 Å². The number of hydrogen-bond donors (Lipinski definition) is 0. The van der Waals surface area contributed by atoms with Gasteiger partial charge in [0.25, 0.3) is 0 Å². The van der Waals surface area contributed by atoms with Crippen molar-refractivity contribution in [3.63, 3.8) is 0 Å². The number of fused-ring (bicyclic) bond motifs is 14. The van der Waals surface area contributed by atoms with Crippen LogP contribution in [0.15, 0.2) is 179 Å². The average Bonchev–Trinajstić information content (AvgIpc) is 3.95. The van der Waals surface area contributed by atoms with Crippen molar-refractivity contribution < 1.29 is 8.83 Å². The Labute approximate surface area is 296 Å². The van der Waals surface area contributed by atoms with Gasteiger partial charge in [-0.1, -0.05) is 103 Å². The predicted octanol–water partition coefficient (Wildman–Crippen LogP) is 13.3. The summed E-state index contributed by atoms with van der Waals surface area (Å²) in [6.07, 6.45) is 0. The first-order chi connectivity index (χ1) is 25.8. The molecule has 0 fully saturated rings. The molecule has 0 unspecified atom stereocenters. The van der Waals surface area contributed by atoms with Gasteiger partial charge in [0.2, 0.25) is 0 Å². The molecular weight excluding hydrogens is 637 g/mol. The highest BCUT2D eigenvalue weighted by molar-refractivity contribution is 6.24. The molecule has 4 heteroatoms. The van der Waals surface area contributed by atoms with E-state index < -0.39 is 0 Å². The van der Waals surface area contributed by atoms with E-state index in [4.69, 9.17) is 8.83 Å². The van der Waals surface area contributed by atoms with Crippen molar-refractivity contribution in [1.82, 2.24) is 9.13 Å². The number of furan rings is 2. The second-order valence-corrected chi connectivity index (χ2v) is 13.7. The molecule has 0 aliphatic carbocycles. The van der Waals surface area contributed by atoms with Crippen molar-refractivity contribution in [2.24, 2.45) is 0 Å². The minimum Gasteiger partial charge on any atom is -0.455 e. The molecule has 0 N–H and O–H groups in total. The lowest BCUT2D eigenvalue weighted by Gasteiger charge is -2.13. The maximum Gasteiger partial charge on any atom is 0.160 e. The lowest BCUT2D eigenvalue weighted by atomic mass is 10.0. The van der Waals surface area contributed by atoms with Gasteiger partial charge in [-0.25, -0.2) is 0 Å². The van der Waals surface area contributed by atoms with Gasteiger partial charge in [-0.3, -0.25) is 0 Å². The van der Waals surface area contributed by atoms with Crippen molar-refractivity contribution in [1.29, 1.82) is 0 Å². The number of hydrogen-bond acceptors (Lipinski definition) is 2. The SMILES string of the molecule is c1cc(-c2cccc(-n3c4ccccc4c4ccc5c6ccccc6oc5c43)c2)cc(-n2c3ccccc3c3c4oc5ccccc5c4ccc32)c1. The summed E-state index contributed by atoms with van der Waals surface area (Å²) in [4.78, 5) is 0. The zero-order valence-electron chi connectivity index (χ0n) is 27.9. The third-order valence-electron chi connectivity index (χ3n) is 10.9. The van der Waals surface area contributed by atoms with Gasteiger partial charge in [-0.2, -0.15) is 0 Å². The molecule has 12 aromatic rings. The van der Waals surface area contributed by atoms with Gasteiger partial charge < -0.3 is 18.0 Å². The van der Waals surface area contributed by atoms with Crippen LogP contribution in [0.2, 0.25) is 0 Å². The second-order valence-electron chi connectivity index (χ2n) is 13.7. The molecule has 0 saturated carbocycles. The van der Waals surface area contributed by atoms with Gasteiger partial charge in [0.1, 0.15) is 16.7 Å². The summed E-state index contributed by atoms with van der Waals surface area (Å²) in [7, 11) is 0. The van der Waals surface area contributed by atoms with Crippen LogP contribution in [-0.4, -0.2) is 9.13 Å². The normalized spacial score (nSPS) is 12.2. The summed E-state index contributed by atoms with van der Waals surface area (Å²) in [5, 5.41) is 9.24. The molecule has 4 aromatic heterocycles. The first kappa shape index (κ1) is 27.7. The average molecular weight is 665 g/mol. The van der Waals surface area contributed by atoms with Crippen LogP contribution < -0.4 is 0 Å². The molecule has 4 heterocycles. The lowest BCUT2D eigenvalue weighted by Crippen LogP contribution is -1.96. The van der Waals surface area contributed by atoms with E-state index in [9.17, 15) is 0 Å². The van der Waals surface area contributed by atoms with E-state index in [0.29, 0.717) is 0 Å². The van der Waals surface area contributed by atoms with E-state index in [1.54, 1.807) is 0 Å². The van der Waals surface area contributed by atoms with Crippen LogP contribution in [0.1, 0.15) is 0 Å². The lowest BCUT2D eigenvalue weighted by molar-refractivity contribution is 0.671. The van der Waals surface area contributed by atoms with E-state index in [2.05, 4.69) is 167 Å². The Bertz CT molecular complexity index is 3420. The molecule has 0 aliphatic rings. The molecule has 4 nitrogen and oxygen atoms in total. The van der Waals surface area contributed by atoms with E-state index in [1.165, 1.54) is 16.2 Å². The maximum atomic E-state index is 6.61. The zero-order valence-corrected chi connectivity index (χ0v) is 27.9. The third-order valence-corrected chi connectivity index (χ3v) is 10.9. The minimum absolute atomic E-state index is 0.901. The number of rotatable bonds is 3. The summed E-state index contributed by atoms with van der Waals surface area (Å²) < 4.78 is 17.9. The second kappa shape index (κ2) is 10.3. The molecule has 0 amide bonds. The van der Waals surface area contributed by atoms with E-state index in [-0.39, 0.29) is 0 Å². The van der Waals surface area contributed by atoms with Gasteiger partial charge >= 0.3 is 0 Å². The summed E-state index contributed by atoms with van der Waals surface area (Å²) in [6.45, 7) is 0. The zero-order chi connectivity index (χ0) is 33.9. The maximum absolute atomic E-state index is 6.61. The van der Waals surface area contributed by atoms with Gasteiger partial charge in [0.15, 0.2) is 5.58 Å². The van der Waals surface area contributed by atoms with E-state index in [1.807, 2.05) is 12.1 Å². The fraction of sp³-hybridized carbons (Fsp3) is 0. The van der Waals surface area contributed by atoms with Crippen LogP contribution in [0.5, 0.6) is 0 Å². The molecule has 0 spiro atoms. The molecule has 12 rings (SSSR count). The highest BCUT2D eigenvalue weighted by Gasteiger charge is 2.21. The van der Waals surface area contributed by atoms with Crippen molar-refractivity contribution >= 4 is 87.5 Å². The van der Waals surface area contributed by atoms with Gasteiger partial charge in [-0.05, 0) is 77.9 Å². The molecule has 0 bridgehead atoms. The molecule has 0 atom stereocenters. The smallest absolute Gasteiger partial charge is 0.160 e. The molecule has 0 saturated heterocycles. The highest BCUT2D eigenvalue weighted by atomic mass is 16.3. The standard InChI is InChI=1S/C48H28N2O2/c1-5-19-40-33(15-1)36-23-24-38-35-17-4-8-22-44(35)52-48(38)46(36)50(40)32-14-10-12-30(28-32)29-11-9-13-31(27-29)49-41-20-6-2-18-39(41)45-42(49)26-25-37-34-16-3-7-21-43(34)51-47(37)45/h1-28H. The Hall–Kier alpha value is -7.04. The third kappa shape index (κ3) is 3.70. The monoisotopic (exact) mass is 664 g/mol. The summed E-state index contributed by atoms with van der Waals surface area (Å²) in [5.41, 5.74) is 12.6. The number of benzene rings is 8. The van der Waals surface area contributed by atoms with Crippen LogP contribution in [0, 0.1) is 0 Å². The van der Waals surface area contributed by atoms with Crippen molar-refractivity contribution in [2.75, 3.05) is 0 Å². The molecular formula is C48H28N2O2. The molecule has 52 heavy (non-hydrogen) atoms. The first-order valence-electron chi connectivity index (χ1n) is 17.7. The Morgan fingerprint density at radius 1 is 0.327 bits per heavy atom. The van der Waals surface area contributed by atoms with Crippen molar-refractivity contribution in [3.8, 4) is 22.5 Å². The van der Waals surface area contributed by atoms with Gasteiger partial charge in [0.05, 0.1) is 27.5 Å². The topological polar surface area (TPSA) is 36.1 Å². The Balaban J connectivity index is 1.07. The van der Waals surface area contributed by atoms with E-state index in [0.717, 1.165) is 93.8 Å². The Morgan fingerprint density at radius 2 is 0.846 bits per heavy atom. The summed E-state index contributed by atoms with van der Waals surface area (Å²) in [5.74, 6) is 0. The van der Waals surface area contributed by atoms with Crippen LogP contribution in [0.3, 0.4) is 0 Å². The quantitative estimate of drug-likeness (QED) is 0.188. The fourth-order valence-corrected chi connectivity index (χ4v) is 8.66. The molecule has 242 valence electrons. The molecule has 8 aromatic carbocycles. The Kier molecular flexibility index (Phi) is 5.47. The molecule has 0 radical (unpaired) electrons. The summed E-state index contributed by atoms with van der Waals surface area (Å²) >= 11 is 0. The largest absolute Gasteiger partial charge is 0.455 e.